The van der Waals surface area contributed by atoms with Gasteiger partial charge in [-0.25, -0.2) is 0 Å². The molecule has 3 rings (SSSR count). The largest absolute Gasteiger partial charge is 0.350 e. The van der Waals surface area contributed by atoms with Gasteiger partial charge in [-0.05, 0) is 38.3 Å². The Bertz CT molecular complexity index is 640. The SMILES string of the molecule is CC(C)(CC1CCCC1)NC(=O)CN1C(=O)c2ccccc2C1=O. The third-order valence-electron chi connectivity index (χ3n) is 4.93. The molecule has 1 aromatic carbocycles. The Labute approximate surface area is 142 Å². The molecule has 0 atom stereocenters. The summed E-state index contributed by atoms with van der Waals surface area (Å²) in [5, 5.41) is 2.99. The summed E-state index contributed by atoms with van der Waals surface area (Å²) >= 11 is 0. The second-order valence-corrected chi connectivity index (χ2v) is 7.53. The van der Waals surface area contributed by atoms with Gasteiger partial charge in [0.05, 0.1) is 11.1 Å². The maximum Gasteiger partial charge on any atom is 0.262 e. The zero-order chi connectivity index (χ0) is 17.3. The van der Waals surface area contributed by atoms with Gasteiger partial charge >= 0.3 is 0 Å². The molecular weight excluding hydrogens is 304 g/mol. The van der Waals surface area contributed by atoms with Gasteiger partial charge in [0.2, 0.25) is 5.91 Å². The first-order valence-corrected chi connectivity index (χ1v) is 8.64. The van der Waals surface area contributed by atoms with Gasteiger partial charge in [-0.3, -0.25) is 19.3 Å². The summed E-state index contributed by atoms with van der Waals surface area (Å²) in [5.74, 6) is -0.411. The van der Waals surface area contributed by atoms with Crippen LogP contribution in [0.1, 0.15) is 66.7 Å². The number of nitrogens with one attached hydrogen (secondary N) is 1. The summed E-state index contributed by atoms with van der Waals surface area (Å²) in [6.07, 6.45) is 5.91. The Balaban J connectivity index is 1.61. The van der Waals surface area contributed by atoms with Crippen LogP contribution in [0.4, 0.5) is 0 Å². The van der Waals surface area contributed by atoms with Crippen LogP contribution in [0.3, 0.4) is 0 Å². The van der Waals surface area contributed by atoms with Gasteiger partial charge in [0, 0.05) is 5.54 Å². The molecule has 2 aliphatic rings. The number of hydrogen-bond donors (Lipinski definition) is 1. The molecule has 1 N–H and O–H groups in total. The molecule has 5 heteroatoms. The lowest BCUT2D eigenvalue weighted by Gasteiger charge is -2.30. The minimum atomic E-state index is -0.389. The van der Waals surface area contributed by atoms with Crippen molar-refractivity contribution in [3.8, 4) is 0 Å². The monoisotopic (exact) mass is 328 g/mol. The van der Waals surface area contributed by atoms with Crippen molar-refractivity contribution in [2.24, 2.45) is 5.92 Å². The molecule has 1 fully saturated rings. The number of amides is 3. The van der Waals surface area contributed by atoms with E-state index in [1.165, 1.54) is 25.7 Å². The molecule has 0 unspecified atom stereocenters. The fraction of sp³-hybridized carbons (Fsp3) is 0.526. The summed E-state index contributed by atoms with van der Waals surface area (Å²) in [6, 6.07) is 6.69. The molecule has 1 heterocycles. The van der Waals surface area contributed by atoms with Gasteiger partial charge in [-0.1, -0.05) is 37.8 Å². The van der Waals surface area contributed by atoms with E-state index in [1.807, 2.05) is 13.8 Å². The maximum absolute atomic E-state index is 12.4. The fourth-order valence-electron chi connectivity index (χ4n) is 3.93. The quantitative estimate of drug-likeness (QED) is 0.845. The normalized spacial score (nSPS) is 18.2. The minimum Gasteiger partial charge on any atom is -0.350 e. The maximum atomic E-state index is 12.4. The standard InChI is InChI=1S/C19H24N2O3/c1-19(2,11-13-7-3-4-8-13)20-16(22)12-21-17(23)14-9-5-6-10-15(14)18(21)24/h5-6,9-10,13H,3-4,7-8,11-12H2,1-2H3,(H,20,22). The van der Waals surface area contributed by atoms with Gasteiger partial charge in [-0.15, -0.1) is 0 Å². The van der Waals surface area contributed by atoms with Crippen molar-refractivity contribution in [2.45, 2.75) is 51.5 Å². The highest BCUT2D eigenvalue weighted by Crippen LogP contribution is 2.31. The molecule has 0 saturated heterocycles. The van der Waals surface area contributed by atoms with E-state index in [-0.39, 0.29) is 29.8 Å². The van der Waals surface area contributed by atoms with Crippen molar-refractivity contribution in [2.75, 3.05) is 6.54 Å². The number of benzene rings is 1. The van der Waals surface area contributed by atoms with E-state index in [0.29, 0.717) is 17.0 Å². The lowest BCUT2D eigenvalue weighted by molar-refractivity contribution is -0.123. The van der Waals surface area contributed by atoms with Crippen LogP contribution in [0.25, 0.3) is 0 Å². The Morgan fingerprint density at radius 1 is 1.12 bits per heavy atom. The van der Waals surface area contributed by atoms with E-state index in [0.717, 1.165) is 11.3 Å². The molecule has 24 heavy (non-hydrogen) atoms. The summed E-state index contributed by atoms with van der Waals surface area (Å²) in [6.45, 7) is 3.79. The highest BCUT2D eigenvalue weighted by molar-refractivity contribution is 6.22. The van der Waals surface area contributed by atoms with E-state index >= 15 is 0 Å². The van der Waals surface area contributed by atoms with Crippen molar-refractivity contribution >= 4 is 17.7 Å². The first-order chi connectivity index (χ1) is 11.4. The summed E-state index contributed by atoms with van der Waals surface area (Å²) in [5.41, 5.74) is 0.422. The molecule has 0 radical (unpaired) electrons. The lowest BCUT2D eigenvalue weighted by Crippen LogP contribution is -2.49. The number of imide groups is 1. The molecule has 0 spiro atoms. The lowest BCUT2D eigenvalue weighted by atomic mass is 9.89. The summed E-state index contributed by atoms with van der Waals surface area (Å²) in [4.78, 5) is 38.0. The van der Waals surface area contributed by atoms with Gasteiger partial charge in [0.15, 0.2) is 0 Å². The molecule has 1 aromatic rings. The molecule has 1 saturated carbocycles. The number of carbonyl (C=O) groups excluding carboxylic acids is 3. The predicted octanol–water partition coefficient (Wildman–Crippen LogP) is 2.76. The second-order valence-electron chi connectivity index (χ2n) is 7.53. The van der Waals surface area contributed by atoms with Crippen LogP contribution in [0.2, 0.25) is 0 Å². The summed E-state index contributed by atoms with van der Waals surface area (Å²) < 4.78 is 0. The number of rotatable bonds is 5. The van der Waals surface area contributed by atoms with Crippen molar-refractivity contribution < 1.29 is 14.4 Å². The van der Waals surface area contributed by atoms with Crippen molar-refractivity contribution in [1.29, 1.82) is 0 Å². The van der Waals surface area contributed by atoms with Crippen LogP contribution in [-0.2, 0) is 4.79 Å². The average molecular weight is 328 g/mol. The van der Waals surface area contributed by atoms with Crippen LogP contribution in [0, 0.1) is 5.92 Å². The zero-order valence-corrected chi connectivity index (χ0v) is 14.3. The predicted molar refractivity (Wildman–Crippen MR) is 90.6 cm³/mol. The number of carbonyl (C=O) groups is 3. The van der Waals surface area contributed by atoms with Gasteiger partial charge in [0.1, 0.15) is 6.54 Å². The van der Waals surface area contributed by atoms with E-state index < -0.39 is 0 Å². The highest BCUT2D eigenvalue weighted by atomic mass is 16.2. The fourth-order valence-corrected chi connectivity index (χ4v) is 3.93. The summed E-state index contributed by atoms with van der Waals surface area (Å²) in [7, 11) is 0. The van der Waals surface area contributed by atoms with Gasteiger partial charge in [0.25, 0.3) is 11.8 Å². The second kappa shape index (κ2) is 6.38. The highest BCUT2D eigenvalue weighted by Gasteiger charge is 2.37. The average Bonchev–Trinajstić information content (AvgIpc) is 3.09. The molecule has 0 aromatic heterocycles. The van der Waals surface area contributed by atoms with Crippen LogP contribution >= 0.6 is 0 Å². The Kier molecular flexibility index (Phi) is 4.43. The molecule has 1 aliphatic heterocycles. The Hall–Kier alpha value is -2.17. The molecule has 3 amide bonds. The van der Waals surface area contributed by atoms with Crippen molar-refractivity contribution in [1.82, 2.24) is 10.2 Å². The zero-order valence-electron chi connectivity index (χ0n) is 14.3. The first kappa shape index (κ1) is 16.7. The third kappa shape index (κ3) is 3.35. The Morgan fingerprint density at radius 3 is 2.21 bits per heavy atom. The van der Waals surface area contributed by atoms with Crippen LogP contribution in [-0.4, -0.2) is 34.7 Å². The van der Waals surface area contributed by atoms with Gasteiger partial charge in [-0.2, -0.15) is 0 Å². The van der Waals surface area contributed by atoms with Crippen LogP contribution in [0.5, 0.6) is 0 Å². The van der Waals surface area contributed by atoms with Crippen LogP contribution < -0.4 is 5.32 Å². The van der Waals surface area contributed by atoms with Gasteiger partial charge < -0.3 is 5.32 Å². The van der Waals surface area contributed by atoms with E-state index in [2.05, 4.69) is 5.32 Å². The topological polar surface area (TPSA) is 66.5 Å². The van der Waals surface area contributed by atoms with Crippen molar-refractivity contribution in [3.05, 3.63) is 35.4 Å². The molecule has 5 nitrogen and oxygen atoms in total. The van der Waals surface area contributed by atoms with E-state index in [1.54, 1.807) is 24.3 Å². The molecule has 1 aliphatic carbocycles. The minimum absolute atomic E-state index is 0.222. The number of hydrogen-bond acceptors (Lipinski definition) is 3. The number of nitrogens with zero attached hydrogens (tertiary/aromatic N) is 1. The third-order valence-corrected chi connectivity index (χ3v) is 4.93. The molecule has 0 bridgehead atoms. The van der Waals surface area contributed by atoms with E-state index in [9.17, 15) is 14.4 Å². The van der Waals surface area contributed by atoms with Crippen LogP contribution in [0.15, 0.2) is 24.3 Å². The number of fused-ring (bicyclic) bond motifs is 1. The molecular formula is C19H24N2O3. The molecule has 128 valence electrons. The van der Waals surface area contributed by atoms with Crippen molar-refractivity contribution in [3.63, 3.8) is 0 Å². The van der Waals surface area contributed by atoms with E-state index in [4.69, 9.17) is 0 Å². The Morgan fingerprint density at radius 2 is 1.67 bits per heavy atom. The smallest absolute Gasteiger partial charge is 0.262 e. The first-order valence-electron chi connectivity index (χ1n) is 8.64.